The number of H-pyrrole nitrogens is 1. The molecule has 1 radical (unpaired) electrons. The van der Waals surface area contributed by atoms with Crippen LogP contribution in [-0.4, -0.2) is 10.2 Å². The highest BCUT2D eigenvalue weighted by molar-refractivity contribution is 6.36. The summed E-state index contributed by atoms with van der Waals surface area (Å²) in [6, 6.07) is 7.98. The van der Waals surface area contributed by atoms with E-state index in [2.05, 4.69) is 16.3 Å². The van der Waals surface area contributed by atoms with E-state index in [9.17, 15) is 4.79 Å². The number of benzene rings is 1. The minimum Gasteiger partial charge on any atom is -0.268 e. The molecule has 0 spiro atoms. The number of aromatic amines is 1. The number of hydrogen-bond donors (Lipinski definition) is 1. The fourth-order valence-electron chi connectivity index (χ4n) is 1.81. The lowest BCUT2D eigenvalue weighted by molar-refractivity contribution is 0.801. The Morgan fingerprint density at radius 1 is 1.32 bits per heavy atom. The Morgan fingerprint density at radius 3 is 2.53 bits per heavy atom. The van der Waals surface area contributed by atoms with Gasteiger partial charge in [0.1, 0.15) is 0 Å². The van der Waals surface area contributed by atoms with E-state index in [4.69, 9.17) is 23.2 Å². The largest absolute Gasteiger partial charge is 0.268 e. The predicted molar refractivity (Wildman–Crippen MR) is 77.1 cm³/mol. The van der Waals surface area contributed by atoms with Gasteiger partial charge in [0.25, 0.3) is 5.56 Å². The van der Waals surface area contributed by atoms with Crippen molar-refractivity contribution >= 4 is 23.2 Å². The third-order valence-corrected chi connectivity index (χ3v) is 3.54. The number of rotatable bonds is 3. The highest BCUT2D eigenvalue weighted by Gasteiger charge is 2.11. The molecule has 0 amide bonds. The highest BCUT2D eigenvalue weighted by Crippen LogP contribution is 2.26. The van der Waals surface area contributed by atoms with Crippen LogP contribution >= 0.6 is 23.2 Å². The molecule has 19 heavy (non-hydrogen) atoms. The molecule has 0 aliphatic heterocycles. The SMILES string of the molecule is CC(C)c1cc(Cc2c(Cl)c[c]cc2Cl)n[nH]c1=O. The summed E-state index contributed by atoms with van der Waals surface area (Å²) in [5.74, 6) is 0.139. The average molecular weight is 296 g/mol. The molecule has 1 heterocycles. The second-order valence-corrected chi connectivity index (χ2v) is 5.42. The lowest BCUT2D eigenvalue weighted by atomic mass is 10.0. The van der Waals surface area contributed by atoms with E-state index >= 15 is 0 Å². The first kappa shape index (κ1) is 14.1. The van der Waals surface area contributed by atoms with Crippen molar-refractivity contribution in [3.05, 3.63) is 61.5 Å². The maximum Gasteiger partial charge on any atom is 0.267 e. The van der Waals surface area contributed by atoms with Gasteiger partial charge in [-0.05, 0) is 35.7 Å². The summed E-state index contributed by atoms with van der Waals surface area (Å²) >= 11 is 12.2. The van der Waals surface area contributed by atoms with Gasteiger partial charge in [0.15, 0.2) is 0 Å². The zero-order valence-corrected chi connectivity index (χ0v) is 12.1. The lowest BCUT2D eigenvalue weighted by Gasteiger charge is -2.08. The van der Waals surface area contributed by atoms with Crippen LogP contribution in [-0.2, 0) is 6.42 Å². The van der Waals surface area contributed by atoms with Crippen molar-refractivity contribution in [2.75, 3.05) is 0 Å². The first-order valence-electron chi connectivity index (χ1n) is 5.91. The van der Waals surface area contributed by atoms with Crippen LogP contribution in [0.5, 0.6) is 0 Å². The molecule has 0 aliphatic rings. The quantitative estimate of drug-likeness (QED) is 0.940. The Morgan fingerprint density at radius 2 is 1.95 bits per heavy atom. The van der Waals surface area contributed by atoms with E-state index in [-0.39, 0.29) is 11.5 Å². The summed E-state index contributed by atoms with van der Waals surface area (Å²) in [6.45, 7) is 3.93. The summed E-state index contributed by atoms with van der Waals surface area (Å²) in [4.78, 5) is 11.6. The van der Waals surface area contributed by atoms with Crippen molar-refractivity contribution in [2.45, 2.75) is 26.2 Å². The van der Waals surface area contributed by atoms with E-state index in [1.54, 1.807) is 18.2 Å². The normalized spacial score (nSPS) is 11.0. The van der Waals surface area contributed by atoms with Gasteiger partial charge in [0, 0.05) is 22.0 Å². The highest BCUT2D eigenvalue weighted by atomic mass is 35.5. The second-order valence-electron chi connectivity index (χ2n) is 4.60. The van der Waals surface area contributed by atoms with Crippen molar-refractivity contribution < 1.29 is 0 Å². The molecule has 5 heteroatoms. The maximum atomic E-state index is 11.6. The Bertz CT molecular complexity index is 630. The van der Waals surface area contributed by atoms with Crippen molar-refractivity contribution in [1.29, 1.82) is 0 Å². The standard InChI is InChI=1S/C14H13Cl2N2O/c1-8(2)10-6-9(17-18-14(10)19)7-11-12(15)4-3-5-13(11)16/h4-6,8H,7H2,1-2H3,(H,18,19). The van der Waals surface area contributed by atoms with Crippen LogP contribution in [0.4, 0.5) is 0 Å². The Kier molecular flexibility index (Phi) is 4.27. The molecule has 3 nitrogen and oxygen atoms in total. The van der Waals surface area contributed by atoms with Crippen molar-refractivity contribution in [1.82, 2.24) is 10.2 Å². The molecule has 0 aliphatic carbocycles. The molecule has 0 saturated heterocycles. The summed E-state index contributed by atoms with van der Waals surface area (Å²) in [5.41, 5.74) is 2.08. The summed E-state index contributed by atoms with van der Waals surface area (Å²) < 4.78 is 0. The van der Waals surface area contributed by atoms with Crippen molar-refractivity contribution in [2.24, 2.45) is 0 Å². The predicted octanol–water partition coefficient (Wildman–Crippen LogP) is 3.59. The first-order valence-corrected chi connectivity index (χ1v) is 6.67. The molecular weight excluding hydrogens is 283 g/mol. The van der Waals surface area contributed by atoms with Gasteiger partial charge < -0.3 is 0 Å². The first-order chi connectivity index (χ1) is 8.99. The minimum absolute atomic E-state index is 0.139. The van der Waals surface area contributed by atoms with Crippen LogP contribution in [0.2, 0.25) is 10.0 Å². The van der Waals surface area contributed by atoms with Gasteiger partial charge in [0.05, 0.1) is 5.69 Å². The summed E-state index contributed by atoms with van der Waals surface area (Å²) in [5, 5.41) is 7.64. The number of hydrogen-bond acceptors (Lipinski definition) is 2. The molecule has 0 saturated carbocycles. The Balaban J connectivity index is 2.39. The van der Waals surface area contributed by atoms with Gasteiger partial charge >= 0.3 is 0 Å². The van der Waals surface area contributed by atoms with Gasteiger partial charge in [-0.3, -0.25) is 4.79 Å². The van der Waals surface area contributed by atoms with Crippen molar-refractivity contribution in [3.63, 3.8) is 0 Å². The monoisotopic (exact) mass is 295 g/mol. The van der Waals surface area contributed by atoms with Gasteiger partial charge in [-0.1, -0.05) is 37.0 Å². The van der Waals surface area contributed by atoms with E-state index in [0.29, 0.717) is 22.0 Å². The van der Waals surface area contributed by atoms with Crippen LogP contribution in [0, 0.1) is 6.07 Å². The van der Waals surface area contributed by atoms with E-state index in [1.165, 1.54) is 0 Å². The maximum absolute atomic E-state index is 11.6. The molecule has 1 aromatic heterocycles. The summed E-state index contributed by atoms with van der Waals surface area (Å²) in [7, 11) is 0. The van der Waals surface area contributed by atoms with Crippen LogP contribution in [0.1, 0.15) is 36.6 Å². The Labute approximate surface area is 121 Å². The molecule has 2 rings (SSSR count). The lowest BCUT2D eigenvalue weighted by Crippen LogP contribution is -2.17. The number of aromatic nitrogens is 2. The van der Waals surface area contributed by atoms with E-state index in [0.717, 1.165) is 11.3 Å². The molecular formula is C14H13Cl2N2O. The molecule has 2 aromatic rings. The smallest absolute Gasteiger partial charge is 0.267 e. The average Bonchev–Trinajstić information content (AvgIpc) is 2.35. The summed E-state index contributed by atoms with van der Waals surface area (Å²) in [6.07, 6.45) is 0.475. The molecule has 1 N–H and O–H groups in total. The number of nitrogens with zero attached hydrogens (tertiary/aromatic N) is 1. The zero-order chi connectivity index (χ0) is 14.0. The number of halogens is 2. The topological polar surface area (TPSA) is 45.8 Å². The van der Waals surface area contributed by atoms with Crippen LogP contribution in [0.25, 0.3) is 0 Å². The van der Waals surface area contributed by atoms with Gasteiger partial charge in [-0.25, -0.2) is 5.10 Å². The minimum atomic E-state index is -0.155. The molecule has 99 valence electrons. The van der Waals surface area contributed by atoms with Crippen LogP contribution < -0.4 is 5.56 Å². The molecule has 0 fully saturated rings. The van der Waals surface area contributed by atoms with Crippen LogP contribution in [0.15, 0.2) is 23.0 Å². The van der Waals surface area contributed by atoms with E-state index < -0.39 is 0 Å². The third-order valence-electron chi connectivity index (χ3n) is 2.86. The van der Waals surface area contributed by atoms with E-state index in [1.807, 2.05) is 13.8 Å². The Hall–Kier alpha value is -1.32. The fourth-order valence-corrected chi connectivity index (χ4v) is 2.32. The number of nitrogens with one attached hydrogen (secondary N) is 1. The fraction of sp³-hybridized carbons (Fsp3) is 0.286. The molecule has 1 aromatic carbocycles. The molecule has 0 unspecified atom stereocenters. The van der Waals surface area contributed by atoms with Gasteiger partial charge in [0.2, 0.25) is 0 Å². The van der Waals surface area contributed by atoms with Gasteiger partial charge in [-0.15, -0.1) is 0 Å². The third kappa shape index (κ3) is 3.17. The molecule has 0 atom stereocenters. The van der Waals surface area contributed by atoms with Crippen LogP contribution in [0.3, 0.4) is 0 Å². The zero-order valence-electron chi connectivity index (χ0n) is 10.6. The second kappa shape index (κ2) is 5.76. The van der Waals surface area contributed by atoms with Crippen molar-refractivity contribution in [3.8, 4) is 0 Å². The van der Waals surface area contributed by atoms with Gasteiger partial charge in [-0.2, -0.15) is 5.10 Å². The molecule has 0 bridgehead atoms.